The number of hydrogen-bond donors (Lipinski definition) is 1. The summed E-state index contributed by atoms with van der Waals surface area (Å²) in [5.74, 6) is 1.42. The van der Waals surface area contributed by atoms with E-state index in [2.05, 4.69) is 5.32 Å². The average molecular weight is 490 g/mol. The summed E-state index contributed by atoms with van der Waals surface area (Å²) in [6, 6.07) is 17.6. The molecule has 3 aliphatic heterocycles. The highest BCUT2D eigenvalue weighted by atomic mass is 16.6. The molecule has 3 atom stereocenters. The van der Waals surface area contributed by atoms with Gasteiger partial charge in [-0.1, -0.05) is 36.4 Å². The Labute approximate surface area is 210 Å². The second kappa shape index (κ2) is 9.69. The number of ether oxygens (including phenoxy) is 4. The normalized spacial score (nSPS) is 25.5. The lowest BCUT2D eigenvalue weighted by Crippen LogP contribution is -2.48. The van der Waals surface area contributed by atoms with Crippen LogP contribution in [0.15, 0.2) is 54.6 Å². The van der Waals surface area contributed by atoms with Gasteiger partial charge in [0.15, 0.2) is 5.60 Å². The third-order valence-corrected chi connectivity index (χ3v) is 7.18. The van der Waals surface area contributed by atoms with Gasteiger partial charge in [-0.3, -0.25) is 4.79 Å². The van der Waals surface area contributed by atoms with Crippen molar-refractivity contribution >= 4 is 22.6 Å². The monoisotopic (exact) mass is 489 g/mol. The molecule has 1 unspecified atom stereocenters. The molecule has 1 N–H and O–H groups in total. The van der Waals surface area contributed by atoms with Gasteiger partial charge in [-0.2, -0.15) is 0 Å². The average Bonchev–Trinajstić information content (AvgIpc) is 3.49. The van der Waals surface area contributed by atoms with Gasteiger partial charge in [0.25, 0.3) is 5.91 Å². The van der Waals surface area contributed by atoms with Gasteiger partial charge >= 0.3 is 0 Å². The molecule has 0 aliphatic carbocycles. The molecular formula is C28H31N3O5. The lowest BCUT2D eigenvalue weighted by atomic mass is 10.0. The van der Waals surface area contributed by atoms with Crippen LogP contribution in [0.25, 0.3) is 10.9 Å². The number of carbonyl (C=O) groups is 1. The van der Waals surface area contributed by atoms with E-state index in [9.17, 15) is 4.79 Å². The van der Waals surface area contributed by atoms with Crippen molar-refractivity contribution in [2.45, 2.75) is 37.6 Å². The largest absolute Gasteiger partial charge is 0.483 e. The topological polar surface area (TPSA) is 82.2 Å². The lowest BCUT2D eigenvalue weighted by Gasteiger charge is -2.31. The summed E-state index contributed by atoms with van der Waals surface area (Å²) in [5.41, 5.74) is 1.83. The van der Waals surface area contributed by atoms with Crippen molar-refractivity contribution in [1.29, 1.82) is 0 Å². The predicted octanol–water partition coefficient (Wildman–Crippen LogP) is 3.64. The van der Waals surface area contributed by atoms with Crippen LogP contribution >= 0.6 is 0 Å². The highest BCUT2D eigenvalue weighted by Crippen LogP contribution is 2.35. The van der Waals surface area contributed by atoms with Gasteiger partial charge in [0.1, 0.15) is 17.7 Å². The Hall–Kier alpha value is -3.20. The summed E-state index contributed by atoms with van der Waals surface area (Å²) in [6.07, 6.45) is 0.694. The number of pyridine rings is 1. The van der Waals surface area contributed by atoms with Crippen molar-refractivity contribution in [2.75, 3.05) is 44.9 Å². The number of fused-ring (bicyclic) bond motifs is 2. The number of nitrogens with zero attached hydrogens (tertiary/aromatic N) is 2. The molecular weight excluding hydrogens is 458 g/mol. The summed E-state index contributed by atoms with van der Waals surface area (Å²) in [5, 5.41) is 4.29. The van der Waals surface area contributed by atoms with Crippen molar-refractivity contribution in [1.82, 2.24) is 9.88 Å². The molecule has 0 saturated carbocycles. The van der Waals surface area contributed by atoms with Gasteiger partial charge in [0.05, 0.1) is 50.1 Å². The highest BCUT2D eigenvalue weighted by molar-refractivity contribution is 6.07. The molecule has 6 rings (SSSR count). The molecule has 3 aromatic rings. The summed E-state index contributed by atoms with van der Waals surface area (Å²) in [6.45, 7) is 5.70. The molecule has 4 heterocycles. The molecule has 8 nitrogen and oxygen atoms in total. The van der Waals surface area contributed by atoms with E-state index in [0.29, 0.717) is 57.5 Å². The zero-order valence-corrected chi connectivity index (χ0v) is 20.4. The zero-order chi connectivity index (χ0) is 24.5. The summed E-state index contributed by atoms with van der Waals surface area (Å²) in [4.78, 5) is 20.9. The molecule has 3 aliphatic rings. The molecule has 2 fully saturated rings. The molecule has 0 bridgehead atoms. The molecule has 1 amide bonds. The minimum atomic E-state index is -0.544. The van der Waals surface area contributed by atoms with Crippen LogP contribution < -0.4 is 10.1 Å². The smallest absolute Gasteiger partial charge is 0.255 e. The molecule has 188 valence electrons. The third kappa shape index (κ3) is 4.40. The first kappa shape index (κ1) is 23.2. The number of nitrogens with one attached hydrogen (secondary N) is 1. The molecule has 1 aromatic heterocycles. The number of rotatable bonds is 5. The fourth-order valence-corrected chi connectivity index (χ4v) is 5.38. The third-order valence-electron chi connectivity index (χ3n) is 7.18. The summed E-state index contributed by atoms with van der Waals surface area (Å²) in [7, 11) is 0. The number of para-hydroxylation sites is 2. The number of amides is 1. The Morgan fingerprint density at radius 3 is 2.89 bits per heavy atom. The van der Waals surface area contributed by atoms with E-state index in [1.165, 1.54) is 0 Å². The van der Waals surface area contributed by atoms with Crippen LogP contribution in [0.4, 0.5) is 5.82 Å². The first-order chi connectivity index (χ1) is 17.6. The van der Waals surface area contributed by atoms with Crippen LogP contribution in [0.5, 0.6) is 5.75 Å². The van der Waals surface area contributed by atoms with Crippen molar-refractivity contribution in [2.24, 2.45) is 0 Å². The predicted molar refractivity (Wildman–Crippen MR) is 135 cm³/mol. The molecule has 8 heteroatoms. The van der Waals surface area contributed by atoms with E-state index in [0.717, 1.165) is 28.6 Å². The first-order valence-corrected chi connectivity index (χ1v) is 12.6. The van der Waals surface area contributed by atoms with E-state index in [-0.39, 0.29) is 18.1 Å². The van der Waals surface area contributed by atoms with Crippen LogP contribution in [0.3, 0.4) is 0 Å². The Morgan fingerprint density at radius 2 is 2.03 bits per heavy atom. The van der Waals surface area contributed by atoms with E-state index >= 15 is 0 Å². The molecule has 2 saturated heterocycles. The number of hydrogen-bond acceptors (Lipinski definition) is 7. The molecule has 0 radical (unpaired) electrons. The SMILES string of the molecule is CCO[C@@H]1COC[C@H]1Nc1cc(C(=O)N2Cc3ccccc3OC3(CCOC3)C2)c2ccccc2n1. The van der Waals surface area contributed by atoms with Crippen molar-refractivity contribution in [3.63, 3.8) is 0 Å². The summed E-state index contributed by atoms with van der Waals surface area (Å²) >= 11 is 0. The van der Waals surface area contributed by atoms with Crippen LogP contribution in [0.2, 0.25) is 0 Å². The Morgan fingerprint density at radius 1 is 1.17 bits per heavy atom. The fourth-order valence-electron chi connectivity index (χ4n) is 5.38. The standard InChI is InChI=1S/C28H31N3O5/c1-2-35-25-16-34-15-23(25)30-26-13-21(20-8-4-5-9-22(20)29-26)27(32)31-14-19-7-3-6-10-24(19)36-28(17-31)11-12-33-18-28/h3-10,13,23,25H,2,11-12,14-18H2,1H3,(H,29,30)/t23-,25-,28?/m1/s1. The number of benzene rings is 2. The van der Waals surface area contributed by atoms with E-state index in [1.54, 1.807) is 0 Å². The van der Waals surface area contributed by atoms with Gasteiger partial charge in [-0.15, -0.1) is 0 Å². The van der Waals surface area contributed by atoms with E-state index in [1.807, 2.05) is 66.4 Å². The quantitative estimate of drug-likeness (QED) is 0.586. The maximum absolute atomic E-state index is 14.2. The second-order valence-corrected chi connectivity index (χ2v) is 9.71. The number of aromatic nitrogens is 1. The van der Waals surface area contributed by atoms with Gasteiger partial charge < -0.3 is 29.2 Å². The van der Waals surface area contributed by atoms with Gasteiger partial charge in [0, 0.05) is 30.5 Å². The maximum atomic E-state index is 14.2. The van der Waals surface area contributed by atoms with E-state index in [4.69, 9.17) is 23.9 Å². The van der Waals surface area contributed by atoms with Gasteiger partial charge in [-0.25, -0.2) is 4.98 Å². The minimum Gasteiger partial charge on any atom is -0.483 e. The van der Waals surface area contributed by atoms with Crippen LogP contribution in [-0.2, 0) is 20.8 Å². The lowest BCUT2D eigenvalue weighted by molar-refractivity contribution is 0.0231. The Bertz CT molecular complexity index is 1260. The second-order valence-electron chi connectivity index (χ2n) is 9.71. The molecule has 1 spiro atoms. The Balaban J connectivity index is 1.36. The van der Waals surface area contributed by atoms with Crippen LogP contribution in [-0.4, -0.2) is 73.1 Å². The fraction of sp³-hybridized carbons (Fsp3) is 0.429. The van der Waals surface area contributed by atoms with Crippen molar-refractivity contribution < 1.29 is 23.7 Å². The zero-order valence-electron chi connectivity index (χ0n) is 20.4. The highest BCUT2D eigenvalue weighted by Gasteiger charge is 2.43. The van der Waals surface area contributed by atoms with Crippen LogP contribution in [0, 0.1) is 0 Å². The molecule has 36 heavy (non-hydrogen) atoms. The Kier molecular flexibility index (Phi) is 6.25. The van der Waals surface area contributed by atoms with Gasteiger partial charge in [0.2, 0.25) is 0 Å². The van der Waals surface area contributed by atoms with Gasteiger partial charge in [-0.05, 0) is 25.1 Å². The summed E-state index contributed by atoms with van der Waals surface area (Å²) < 4.78 is 23.7. The molecule has 2 aromatic carbocycles. The number of anilines is 1. The maximum Gasteiger partial charge on any atom is 0.255 e. The van der Waals surface area contributed by atoms with Crippen molar-refractivity contribution in [3.8, 4) is 5.75 Å². The van der Waals surface area contributed by atoms with E-state index < -0.39 is 5.60 Å². The van der Waals surface area contributed by atoms with Crippen LogP contribution in [0.1, 0.15) is 29.3 Å². The number of carbonyl (C=O) groups excluding carboxylic acids is 1. The first-order valence-electron chi connectivity index (χ1n) is 12.6. The minimum absolute atomic E-state index is 0.0288. The van der Waals surface area contributed by atoms with Crippen molar-refractivity contribution in [3.05, 3.63) is 65.7 Å².